The van der Waals surface area contributed by atoms with Crippen LogP contribution >= 0.6 is 0 Å². The zero-order valence-corrected chi connectivity index (χ0v) is 13.5. The molecule has 0 saturated carbocycles. The SMILES string of the molecule is CC(C)NC(C)(CC(C)N(C)CC1CCCO1)C(=O)O. The minimum atomic E-state index is -0.890. The molecular formula is C15H30N2O3. The number of ether oxygens (including phenoxy) is 1. The number of hydrogen-bond donors (Lipinski definition) is 2. The van der Waals surface area contributed by atoms with E-state index < -0.39 is 11.5 Å². The fraction of sp³-hybridized carbons (Fsp3) is 0.933. The first-order valence-electron chi connectivity index (χ1n) is 7.57. The summed E-state index contributed by atoms with van der Waals surface area (Å²) in [6, 6.07) is 0.332. The van der Waals surface area contributed by atoms with E-state index in [0.29, 0.717) is 12.5 Å². The Morgan fingerprint density at radius 2 is 2.15 bits per heavy atom. The van der Waals surface area contributed by atoms with Gasteiger partial charge in [-0.2, -0.15) is 0 Å². The summed E-state index contributed by atoms with van der Waals surface area (Å²) in [5.41, 5.74) is -0.890. The van der Waals surface area contributed by atoms with Gasteiger partial charge in [-0.3, -0.25) is 10.1 Å². The van der Waals surface area contributed by atoms with Crippen LogP contribution in [0.1, 0.15) is 47.0 Å². The van der Waals surface area contributed by atoms with Gasteiger partial charge in [0.05, 0.1) is 6.10 Å². The lowest BCUT2D eigenvalue weighted by Crippen LogP contribution is -2.55. The number of rotatable bonds is 8. The summed E-state index contributed by atoms with van der Waals surface area (Å²) in [4.78, 5) is 13.8. The highest BCUT2D eigenvalue weighted by molar-refractivity contribution is 5.78. The Morgan fingerprint density at radius 1 is 1.50 bits per heavy atom. The molecule has 3 unspecified atom stereocenters. The van der Waals surface area contributed by atoms with Crippen molar-refractivity contribution >= 4 is 5.97 Å². The first-order valence-corrected chi connectivity index (χ1v) is 7.57. The van der Waals surface area contributed by atoms with Gasteiger partial charge in [-0.25, -0.2) is 0 Å². The van der Waals surface area contributed by atoms with Crippen LogP contribution < -0.4 is 5.32 Å². The molecule has 1 aliphatic rings. The Balaban J connectivity index is 2.55. The lowest BCUT2D eigenvalue weighted by Gasteiger charge is -2.35. The molecule has 1 fully saturated rings. The number of hydrogen-bond acceptors (Lipinski definition) is 4. The van der Waals surface area contributed by atoms with E-state index in [4.69, 9.17) is 4.74 Å². The number of carboxylic acids is 1. The van der Waals surface area contributed by atoms with Crippen molar-refractivity contribution in [1.82, 2.24) is 10.2 Å². The molecule has 0 aromatic heterocycles. The lowest BCUT2D eigenvalue weighted by atomic mass is 9.92. The van der Waals surface area contributed by atoms with Crippen LogP contribution in [-0.4, -0.2) is 59.9 Å². The van der Waals surface area contributed by atoms with Gasteiger partial charge in [0.2, 0.25) is 0 Å². The van der Waals surface area contributed by atoms with Crippen molar-refractivity contribution < 1.29 is 14.6 Å². The molecule has 0 spiro atoms. The van der Waals surface area contributed by atoms with Gasteiger partial charge < -0.3 is 14.7 Å². The minimum absolute atomic E-state index is 0.145. The van der Waals surface area contributed by atoms with E-state index in [2.05, 4.69) is 17.1 Å². The van der Waals surface area contributed by atoms with Crippen molar-refractivity contribution in [3.05, 3.63) is 0 Å². The molecule has 1 heterocycles. The molecule has 0 bridgehead atoms. The summed E-state index contributed by atoms with van der Waals surface area (Å²) in [5, 5.41) is 12.7. The zero-order chi connectivity index (χ0) is 15.3. The van der Waals surface area contributed by atoms with Gasteiger partial charge in [0.1, 0.15) is 5.54 Å². The summed E-state index contributed by atoms with van der Waals surface area (Å²) in [7, 11) is 2.05. The maximum atomic E-state index is 11.6. The standard InChI is InChI=1S/C15H30N2O3/c1-11(2)16-15(4,14(18)19)9-12(3)17(5)10-13-7-6-8-20-13/h11-13,16H,6-10H2,1-5H3,(H,18,19). The molecule has 5 nitrogen and oxygen atoms in total. The van der Waals surface area contributed by atoms with Crippen molar-refractivity contribution in [2.45, 2.75) is 70.7 Å². The molecule has 2 N–H and O–H groups in total. The summed E-state index contributed by atoms with van der Waals surface area (Å²) >= 11 is 0. The number of nitrogens with one attached hydrogen (secondary N) is 1. The van der Waals surface area contributed by atoms with E-state index in [-0.39, 0.29) is 12.1 Å². The summed E-state index contributed by atoms with van der Waals surface area (Å²) in [6.45, 7) is 9.53. The molecule has 1 aliphatic heterocycles. The Morgan fingerprint density at radius 3 is 2.60 bits per heavy atom. The van der Waals surface area contributed by atoms with E-state index in [1.807, 2.05) is 20.9 Å². The van der Waals surface area contributed by atoms with Crippen LogP contribution in [0, 0.1) is 0 Å². The average molecular weight is 286 g/mol. The fourth-order valence-electron chi connectivity index (χ4n) is 2.88. The quantitative estimate of drug-likeness (QED) is 0.711. The molecule has 0 aliphatic carbocycles. The van der Waals surface area contributed by atoms with Crippen LogP contribution in [0.15, 0.2) is 0 Å². The maximum Gasteiger partial charge on any atom is 0.323 e. The number of likely N-dealkylation sites (N-methyl/N-ethyl adjacent to an activating group) is 1. The molecule has 0 aromatic carbocycles. The fourth-order valence-corrected chi connectivity index (χ4v) is 2.88. The van der Waals surface area contributed by atoms with Crippen LogP contribution in [0.4, 0.5) is 0 Å². The van der Waals surface area contributed by atoms with Gasteiger partial charge in [0.15, 0.2) is 0 Å². The highest BCUT2D eigenvalue weighted by Crippen LogP contribution is 2.19. The van der Waals surface area contributed by atoms with Gasteiger partial charge in [-0.15, -0.1) is 0 Å². The van der Waals surface area contributed by atoms with Crippen LogP contribution in [0.3, 0.4) is 0 Å². The van der Waals surface area contributed by atoms with Gasteiger partial charge in [0, 0.05) is 25.2 Å². The highest BCUT2D eigenvalue weighted by Gasteiger charge is 2.36. The molecule has 0 radical (unpaired) electrons. The third-order valence-corrected chi connectivity index (χ3v) is 4.05. The second-order valence-electron chi connectivity index (χ2n) is 6.56. The van der Waals surface area contributed by atoms with Crippen molar-refractivity contribution in [3.8, 4) is 0 Å². The Hall–Kier alpha value is -0.650. The van der Waals surface area contributed by atoms with Gasteiger partial charge in [-0.05, 0) is 54.0 Å². The lowest BCUT2D eigenvalue weighted by molar-refractivity contribution is -0.145. The third kappa shape index (κ3) is 5.04. The number of carboxylic acid groups (broad SMARTS) is 1. The minimum Gasteiger partial charge on any atom is -0.480 e. The second kappa shape index (κ2) is 7.38. The van der Waals surface area contributed by atoms with Crippen molar-refractivity contribution in [2.24, 2.45) is 0 Å². The van der Waals surface area contributed by atoms with Crippen LogP contribution in [0.25, 0.3) is 0 Å². The maximum absolute atomic E-state index is 11.6. The summed E-state index contributed by atoms with van der Waals surface area (Å²) in [6.07, 6.45) is 3.12. The summed E-state index contributed by atoms with van der Waals surface area (Å²) < 4.78 is 5.64. The third-order valence-electron chi connectivity index (χ3n) is 4.05. The largest absolute Gasteiger partial charge is 0.480 e. The molecule has 20 heavy (non-hydrogen) atoms. The highest BCUT2D eigenvalue weighted by atomic mass is 16.5. The predicted octanol–water partition coefficient (Wildman–Crippen LogP) is 1.72. The predicted molar refractivity (Wildman–Crippen MR) is 80.0 cm³/mol. The zero-order valence-electron chi connectivity index (χ0n) is 13.5. The van der Waals surface area contributed by atoms with Crippen LogP contribution in [0.5, 0.6) is 0 Å². The number of aliphatic carboxylic acids is 1. The second-order valence-corrected chi connectivity index (χ2v) is 6.56. The average Bonchev–Trinajstić information content (AvgIpc) is 2.80. The molecular weight excluding hydrogens is 256 g/mol. The van der Waals surface area contributed by atoms with Gasteiger partial charge >= 0.3 is 5.97 Å². The molecule has 0 amide bonds. The normalized spacial score (nSPS) is 24.1. The van der Waals surface area contributed by atoms with Crippen LogP contribution in [-0.2, 0) is 9.53 Å². The van der Waals surface area contributed by atoms with Gasteiger partial charge in [-0.1, -0.05) is 0 Å². The Kier molecular flexibility index (Phi) is 6.43. The van der Waals surface area contributed by atoms with E-state index in [0.717, 1.165) is 26.0 Å². The van der Waals surface area contributed by atoms with Crippen molar-refractivity contribution in [3.63, 3.8) is 0 Å². The molecule has 0 aromatic rings. The smallest absolute Gasteiger partial charge is 0.323 e. The monoisotopic (exact) mass is 286 g/mol. The van der Waals surface area contributed by atoms with E-state index in [1.54, 1.807) is 6.92 Å². The van der Waals surface area contributed by atoms with E-state index >= 15 is 0 Å². The van der Waals surface area contributed by atoms with Crippen LogP contribution in [0.2, 0.25) is 0 Å². The number of carbonyl (C=O) groups is 1. The van der Waals surface area contributed by atoms with Crippen molar-refractivity contribution in [2.75, 3.05) is 20.2 Å². The number of nitrogens with zero attached hydrogens (tertiary/aromatic N) is 1. The first-order chi connectivity index (χ1) is 9.24. The molecule has 3 atom stereocenters. The molecule has 118 valence electrons. The molecule has 5 heteroatoms. The summed E-state index contributed by atoms with van der Waals surface area (Å²) in [5.74, 6) is -0.788. The van der Waals surface area contributed by atoms with Gasteiger partial charge in [0.25, 0.3) is 0 Å². The molecule has 1 rings (SSSR count). The van der Waals surface area contributed by atoms with E-state index in [9.17, 15) is 9.90 Å². The van der Waals surface area contributed by atoms with E-state index in [1.165, 1.54) is 0 Å². The molecule has 1 saturated heterocycles. The van der Waals surface area contributed by atoms with Crippen molar-refractivity contribution in [1.29, 1.82) is 0 Å². The Bertz CT molecular complexity index is 316. The Labute approximate surface area is 122 Å². The topological polar surface area (TPSA) is 61.8 Å². The first kappa shape index (κ1) is 17.4.